The van der Waals surface area contributed by atoms with Crippen LogP contribution in [0.2, 0.25) is 0 Å². The van der Waals surface area contributed by atoms with Gasteiger partial charge in [0.25, 0.3) is 5.91 Å². The van der Waals surface area contributed by atoms with Crippen molar-refractivity contribution in [3.05, 3.63) is 71.6 Å². The Kier molecular flexibility index (Phi) is 6.02. The summed E-state index contributed by atoms with van der Waals surface area (Å²) in [5.41, 5.74) is 0.824. The Morgan fingerprint density at radius 3 is 2.62 bits per heavy atom. The molecule has 2 aromatic carbocycles. The maximum Gasteiger partial charge on any atom is 0.321 e. The fraction of sp³-hybridized carbons (Fsp3) is 0.273. The van der Waals surface area contributed by atoms with Crippen LogP contribution in [-0.2, 0) is 0 Å². The van der Waals surface area contributed by atoms with Crippen molar-refractivity contribution in [3.63, 3.8) is 0 Å². The Hall–Kier alpha value is -3.95. The summed E-state index contributed by atoms with van der Waals surface area (Å²) in [6.45, 7) is 2.33. The van der Waals surface area contributed by atoms with Crippen LogP contribution in [0.4, 0.5) is 14.9 Å². The number of hydrogen-bond acceptors (Lipinski definition) is 5. The summed E-state index contributed by atoms with van der Waals surface area (Å²) >= 11 is 0. The van der Waals surface area contributed by atoms with Crippen LogP contribution in [0, 0.1) is 12.7 Å². The van der Waals surface area contributed by atoms with Gasteiger partial charge in [-0.1, -0.05) is 18.2 Å². The molecule has 0 saturated carbocycles. The lowest BCUT2D eigenvalue weighted by Gasteiger charge is -2.18. The van der Waals surface area contributed by atoms with Gasteiger partial charge in [0.2, 0.25) is 0 Å². The van der Waals surface area contributed by atoms with Gasteiger partial charge in [-0.3, -0.25) is 9.89 Å². The van der Waals surface area contributed by atoms with Crippen LogP contribution in [0.15, 0.2) is 48.5 Å². The Morgan fingerprint density at radius 2 is 1.97 bits per heavy atom. The first-order chi connectivity index (χ1) is 15.4. The van der Waals surface area contributed by atoms with Gasteiger partial charge in [0.15, 0.2) is 17.4 Å². The number of nitrogens with zero attached hydrogens (tertiary/aromatic N) is 3. The predicted molar refractivity (Wildman–Crippen MR) is 115 cm³/mol. The molecule has 0 bridgehead atoms. The molecule has 32 heavy (non-hydrogen) atoms. The molecule has 1 saturated heterocycles. The highest BCUT2D eigenvalue weighted by atomic mass is 19.1. The molecule has 3 aromatic rings. The van der Waals surface area contributed by atoms with Crippen molar-refractivity contribution in [2.24, 2.45) is 0 Å². The second kappa shape index (κ2) is 9.04. The number of H-pyrrole nitrogens is 1. The van der Waals surface area contributed by atoms with E-state index in [-0.39, 0.29) is 24.1 Å². The molecule has 1 aliphatic heterocycles. The molecule has 1 aliphatic rings. The number of likely N-dealkylation sites (tertiary alicyclic amines) is 1. The van der Waals surface area contributed by atoms with Gasteiger partial charge in [0.1, 0.15) is 5.82 Å². The third kappa shape index (κ3) is 4.53. The molecule has 3 amide bonds. The van der Waals surface area contributed by atoms with Crippen molar-refractivity contribution in [1.82, 2.24) is 25.4 Å². The van der Waals surface area contributed by atoms with Crippen LogP contribution in [0.5, 0.6) is 5.75 Å². The number of halogens is 1. The second-order valence-corrected chi connectivity index (χ2v) is 7.52. The fourth-order valence-electron chi connectivity index (χ4n) is 3.69. The molecule has 2 atom stereocenters. The molecule has 0 spiro atoms. The molecule has 1 aromatic heterocycles. The summed E-state index contributed by atoms with van der Waals surface area (Å²) in [7, 11) is 1.37. The lowest BCUT2D eigenvalue weighted by atomic mass is 10.0. The maximum atomic E-state index is 14.0. The molecule has 0 unspecified atom stereocenters. The van der Waals surface area contributed by atoms with E-state index >= 15 is 0 Å². The first-order valence-electron chi connectivity index (χ1n) is 10.1. The van der Waals surface area contributed by atoms with Crippen LogP contribution in [0.25, 0.3) is 0 Å². The molecular weight excluding hydrogens is 415 g/mol. The Balaban J connectivity index is 1.50. The topological polar surface area (TPSA) is 112 Å². The Morgan fingerprint density at radius 1 is 1.19 bits per heavy atom. The smallest absolute Gasteiger partial charge is 0.321 e. The fourth-order valence-corrected chi connectivity index (χ4v) is 3.69. The maximum absolute atomic E-state index is 14.0. The molecule has 4 rings (SSSR count). The van der Waals surface area contributed by atoms with Crippen molar-refractivity contribution in [2.45, 2.75) is 18.9 Å². The van der Waals surface area contributed by atoms with Crippen LogP contribution in [0.1, 0.15) is 27.9 Å². The number of aromatic amines is 1. The number of urea groups is 1. The molecule has 2 heterocycles. The van der Waals surface area contributed by atoms with E-state index in [4.69, 9.17) is 4.74 Å². The first-order valence-corrected chi connectivity index (χ1v) is 10.1. The van der Waals surface area contributed by atoms with Gasteiger partial charge in [0.05, 0.1) is 19.1 Å². The monoisotopic (exact) mass is 438 g/mol. The second-order valence-electron chi connectivity index (χ2n) is 7.52. The number of carbonyl (C=O) groups excluding carboxylic acids is 2. The quantitative estimate of drug-likeness (QED) is 0.567. The Bertz CT molecular complexity index is 1120. The molecule has 0 aliphatic carbocycles. The number of ether oxygens (including phenoxy) is 1. The first kappa shape index (κ1) is 21.3. The largest absolute Gasteiger partial charge is 0.494 e. The van der Waals surface area contributed by atoms with Gasteiger partial charge < -0.3 is 20.3 Å². The number of benzene rings is 2. The molecule has 9 nitrogen and oxygen atoms in total. The number of methoxy groups -OCH3 is 1. The molecule has 10 heteroatoms. The molecule has 3 N–H and O–H groups in total. The summed E-state index contributed by atoms with van der Waals surface area (Å²) in [5, 5.41) is 12.7. The standard InChI is InChI=1S/C22H23FN6O3/c1-13-24-20(28-27-13)16-11-29(12-18(16)26-21(30)14-6-4-3-5-7-14)22(31)25-15-8-9-19(32-2)17(23)10-15/h3-10,16,18H,11-12H2,1-2H3,(H,25,31)(H,26,30)(H,24,27,28)/t16-,18-/m1/s1. The average Bonchev–Trinajstić information content (AvgIpc) is 3.40. The van der Waals surface area contributed by atoms with E-state index < -0.39 is 17.9 Å². The SMILES string of the molecule is COc1ccc(NC(=O)N2C[C@@H](NC(=O)c3ccccc3)[C@H](c3n[nH]c(C)n3)C2)cc1F. The highest BCUT2D eigenvalue weighted by molar-refractivity contribution is 5.94. The summed E-state index contributed by atoms with van der Waals surface area (Å²) in [4.78, 5) is 31.5. The molecule has 1 fully saturated rings. The summed E-state index contributed by atoms with van der Waals surface area (Å²) in [5.74, 6) is 0.136. The number of amides is 3. The van der Waals surface area contributed by atoms with Crippen LogP contribution < -0.4 is 15.4 Å². The summed E-state index contributed by atoms with van der Waals surface area (Å²) in [6, 6.07) is 12.2. The van der Waals surface area contributed by atoms with Crippen molar-refractivity contribution in [3.8, 4) is 5.75 Å². The van der Waals surface area contributed by atoms with Crippen LogP contribution >= 0.6 is 0 Å². The number of aryl methyl sites for hydroxylation is 1. The number of nitrogens with one attached hydrogen (secondary N) is 3. The average molecular weight is 438 g/mol. The van der Waals surface area contributed by atoms with E-state index in [1.165, 1.54) is 19.2 Å². The minimum atomic E-state index is -0.575. The van der Waals surface area contributed by atoms with Gasteiger partial charge in [-0.15, -0.1) is 0 Å². The van der Waals surface area contributed by atoms with Crippen molar-refractivity contribution in [1.29, 1.82) is 0 Å². The normalized spacial score (nSPS) is 17.8. The third-order valence-electron chi connectivity index (χ3n) is 5.31. The Labute approximate surface area is 184 Å². The zero-order chi connectivity index (χ0) is 22.7. The zero-order valence-electron chi connectivity index (χ0n) is 17.6. The summed E-state index contributed by atoms with van der Waals surface area (Å²) < 4.78 is 18.9. The zero-order valence-corrected chi connectivity index (χ0v) is 17.6. The lowest BCUT2D eigenvalue weighted by Crippen LogP contribution is -2.41. The predicted octanol–water partition coefficient (Wildman–Crippen LogP) is 2.69. The summed E-state index contributed by atoms with van der Waals surface area (Å²) in [6.07, 6.45) is 0. The van der Waals surface area contributed by atoms with Crippen LogP contribution in [-0.4, -0.2) is 58.3 Å². The highest BCUT2D eigenvalue weighted by Gasteiger charge is 2.39. The van der Waals surface area contributed by atoms with E-state index in [0.717, 1.165) is 0 Å². The lowest BCUT2D eigenvalue weighted by molar-refractivity contribution is 0.0935. The molecular formula is C22H23FN6O3. The van der Waals surface area contributed by atoms with Crippen molar-refractivity contribution >= 4 is 17.6 Å². The van der Waals surface area contributed by atoms with Gasteiger partial charge >= 0.3 is 6.03 Å². The van der Waals surface area contributed by atoms with E-state index in [0.29, 0.717) is 29.4 Å². The van der Waals surface area contributed by atoms with Crippen molar-refractivity contribution < 1.29 is 18.7 Å². The minimum Gasteiger partial charge on any atom is -0.494 e. The van der Waals surface area contributed by atoms with E-state index in [2.05, 4.69) is 25.8 Å². The number of aromatic nitrogens is 3. The number of hydrogen-bond donors (Lipinski definition) is 3. The number of anilines is 1. The van der Waals surface area contributed by atoms with E-state index in [1.54, 1.807) is 42.2 Å². The van der Waals surface area contributed by atoms with Crippen LogP contribution in [0.3, 0.4) is 0 Å². The van der Waals surface area contributed by atoms with Gasteiger partial charge in [-0.05, 0) is 31.2 Å². The number of rotatable bonds is 5. The van der Waals surface area contributed by atoms with Gasteiger partial charge in [-0.2, -0.15) is 5.10 Å². The third-order valence-corrected chi connectivity index (χ3v) is 5.31. The van der Waals surface area contributed by atoms with E-state index in [1.807, 2.05) is 6.07 Å². The molecule has 0 radical (unpaired) electrons. The minimum absolute atomic E-state index is 0.0906. The highest BCUT2D eigenvalue weighted by Crippen LogP contribution is 2.27. The number of carbonyl (C=O) groups is 2. The van der Waals surface area contributed by atoms with Gasteiger partial charge in [0, 0.05) is 30.4 Å². The van der Waals surface area contributed by atoms with Gasteiger partial charge in [-0.25, -0.2) is 14.2 Å². The van der Waals surface area contributed by atoms with Crippen molar-refractivity contribution in [2.75, 3.05) is 25.5 Å². The molecule has 166 valence electrons. The van der Waals surface area contributed by atoms with E-state index in [9.17, 15) is 14.0 Å².